The van der Waals surface area contributed by atoms with E-state index < -0.39 is 9.84 Å². The molecule has 6 nitrogen and oxygen atoms in total. The first kappa shape index (κ1) is 16.1. The Balaban J connectivity index is 1.63. The van der Waals surface area contributed by atoms with Crippen molar-refractivity contribution in [1.29, 1.82) is 0 Å². The molecule has 1 aromatic carbocycles. The van der Waals surface area contributed by atoms with Gasteiger partial charge in [0.2, 0.25) is 0 Å². The van der Waals surface area contributed by atoms with Crippen LogP contribution in [-0.4, -0.2) is 48.5 Å². The van der Waals surface area contributed by atoms with Crippen molar-refractivity contribution < 1.29 is 18.3 Å². The van der Waals surface area contributed by atoms with Crippen LogP contribution in [0.25, 0.3) is 0 Å². The molecule has 3 rings (SSSR count). The van der Waals surface area contributed by atoms with Crippen molar-refractivity contribution >= 4 is 15.9 Å². The number of hydrogen-bond donors (Lipinski definition) is 2. The number of phenols is 1. The van der Waals surface area contributed by atoms with E-state index in [-0.39, 0.29) is 29.3 Å². The van der Waals surface area contributed by atoms with Gasteiger partial charge in [-0.2, -0.15) is 0 Å². The summed E-state index contributed by atoms with van der Waals surface area (Å²) < 4.78 is 23.0. The minimum atomic E-state index is -3.00. The van der Waals surface area contributed by atoms with E-state index in [2.05, 4.69) is 5.32 Å². The topological polar surface area (TPSA) is 86.7 Å². The number of sulfone groups is 1. The summed E-state index contributed by atoms with van der Waals surface area (Å²) in [5, 5.41) is 12.2. The van der Waals surface area contributed by atoms with Crippen LogP contribution in [-0.2, 0) is 16.4 Å². The van der Waals surface area contributed by atoms with E-state index in [1.54, 1.807) is 29.2 Å². The van der Waals surface area contributed by atoms with Gasteiger partial charge in [0.1, 0.15) is 5.75 Å². The number of hydrogen-bond acceptors (Lipinski definition) is 4. The lowest BCUT2D eigenvalue weighted by molar-refractivity contribution is 0.189. The number of nitrogens with zero attached hydrogens (tertiary/aromatic N) is 1. The van der Waals surface area contributed by atoms with Crippen LogP contribution >= 0.6 is 0 Å². The van der Waals surface area contributed by atoms with E-state index in [9.17, 15) is 18.3 Å². The molecule has 7 heteroatoms. The molecule has 23 heavy (non-hydrogen) atoms. The van der Waals surface area contributed by atoms with Crippen LogP contribution in [0.1, 0.15) is 24.8 Å². The van der Waals surface area contributed by atoms with E-state index in [0.717, 1.165) is 18.4 Å². The van der Waals surface area contributed by atoms with Gasteiger partial charge in [-0.25, -0.2) is 13.2 Å². The van der Waals surface area contributed by atoms with Gasteiger partial charge in [0.25, 0.3) is 0 Å². The molecule has 1 aliphatic carbocycles. The summed E-state index contributed by atoms with van der Waals surface area (Å²) in [5.74, 6) is 0.932. The SMILES string of the molecule is O=C(NC1CCS(=O)(=O)C1)N(Cc1ccc(O)cc1)CC1CC1. The van der Waals surface area contributed by atoms with E-state index >= 15 is 0 Å². The van der Waals surface area contributed by atoms with Gasteiger partial charge < -0.3 is 15.3 Å². The molecule has 1 heterocycles. The Morgan fingerprint density at radius 1 is 1.22 bits per heavy atom. The van der Waals surface area contributed by atoms with Crippen molar-refractivity contribution in [3.8, 4) is 5.75 Å². The molecule has 126 valence electrons. The number of carbonyl (C=O) groups is 1. The molecule has 2 aliphatic rings. The summed E-state index contributed by atoms with van der Waals surface area (Å²) in [6, 6.07) is 6.31. The molecule has 1 atom stereocenters. The summed E-state index contributed by atoms with van der Waals surface area (Å²) >= 11 is 0. The average Bonchev–Trinajstić information content (AvgIpc) is 3.24. The van der Waals surface area contributed by atoms with Crippen LogP contribution in [0, 0.1) is 5.92 Å². The van der Waals surface area contributed by atoms with E-state index in [1.165, 1.54) is 0 Å². The molecule has 2 N–H and O–H groups in total. The standard InChI is InChI=1S/C16H22N2O4S/c19-15-5-3-13(4-6-15)10-18(9-12-1-2-12)16(20)17-14-7-8-23(21,22)11-14/h3-6,12,14,19H,1-2,7-11H2,(H,17,20). The Morgan fingerprint density at radius 3 is 2.48 bits per heavy atom. The van der Waals surface area contributed by atoms with Crippen LogP contribution in [0.15, 0.2) is 24.3 Å². The Bertz CT molecular complexity index is 668. The second-order valence-corrected chi connectivity index (χ2v) is 8.77. The normalized spacial score (nSPS) is 22.7. The van der Waals surface area contributed by atoms with Gasteiger partial charge >= 0.3 is 6.03 Å². The zero-order valence-corrected chi connectivity index (χ0v) is 13.8. The number of urea groups is 1. The first-order valence-corrected chi connectivity index (χ1v) is 9.77. The number of aromatic hydroxyl groups is 1. The van der Waals surface area contributed by atoms with Crippen LogP contribution in [0.5, 0.6) is 5.75 Å². The van der Waals surface area contributed by atoms with Crippen molar-refractivity contribution in [3.05, 3.63) is 29.8 Å². The second kappa shape index (κ2) is 6.39. The maximum absolute atomic E-state index is 12.5. The van der Waals surface area contributed by atoms with Gasteiger partial charge in [-0.1, -0.05) is 12.1 Å². The molecule has 0 spiro atoms. The van der Waals surface area contributed by atoms with E-state index in [1.807, 2.05) is 0 Å². The lowest BCUT2D eigenvalue weighted by Crippen LogP contribution is -2.45. The number of benzene rings is 1. The maximum atomic E-state index is 12.5. The highest BCUT2D eigenvalue weighted by atomic mass is 32.2. The highest BCUT2D eigenvalue weighted by Crippen LogP contribution is 2.30. The number of amides is 2. The number of carbonyl (C=O) groups excluding carboxylic acids is 1. The van der Waals surface area contributed by atoms with Crippen LogP contribution in [0.4, 0.5) is 4.79 Å². The fraction of sp³-hybridized carbons (Fsp3) is 0.562. The predicted octanol–water partition coefficient (Wildman–Crippen LogP) is 1.50. The quantitative estimate of drug-likeness (QED) is 0.852. The third kappa shape index (κ3) is 4.60. The fourth-order valence-electron chi connectivity index (χ4n) is 2.83. The summed E-state index contributed by atoms with van der Waals surface area (Å²) in [6.45, 7) is 1.15. The Morgan fingerprint density at radius 2 is 1.91 bits per heavy atom. The first-order valence-electron chi connectivity index (χ1n) is 7.95. The van der Waals surface area contributed by atoms with Crippen molar-refractivity contribution in [2.24, 2.45) is 5.92 Å². The largest absolute Gasteiger partial charge is 0.508 e. The third-order valence-electron chi connectivity index (χ3n) is 4.33. The molecule has 2 amide bonds. The lowest BCUT2D eigenvalue weighted by Gasteiger charge is -2.25. The summed E-state index contributed by atoms with van der Waals surface area (Å²) in [7, 11) is -3.00. The molecule has 1 aliphatic heterocycles. The van der Waals surface area contributed by atoms with Crippen LogP contribution < -0.4 is 5.32 Å². The number of rotatable bonds is 5. The van der Waals surface area contributed by atoms with Gasteiger partial charge in [0.15, 0.2) is 9.84 Å². The van der Waals surface area contributed by atoms with E-state index in [4.69, 9.17) is 0 Å². The van der Waals surface area contributed by atoms with Gasteiger partial charge in [-0.3, -0.25) is 0 Å². The minimum Gasteiger partial charge on any atom is -0.508 e. The zero-order valence-electron chi connectivity index (χ0n) is 12.9. The molecule has 1 unspecified atom stereocenters. The van der Waals surface area contributed by atoms with Gasteiger partial charge in [-0.15, -0.1) is 0 Å². The molecular formula is C16H22N2O4S. The minimum absolute atomic E-state index is 0.0369. The molecule has 1 aromatic rings. The highest BCUT2D eigenvalue weighted by Gasteiger charge is 2.32. The highest BCUT2D eigenvalue weighted by molar-refractivity contribution is 7.91. The molecule has 1 saturated carbocycles. The van der Waals surface area contributed by atoms with Crippen molar-refractivity contribution in [3.63, 3.8) is 0 Å². The van der Waals surface area contributed by atoms with Crippen LogP contribution in [0.2, 0.25) is 0 Å². The molecule has 0 aromatic heterocycles. The molecule has 0 bridgehead atoms. The van der Waals surface area contributed by atoms with Crippen molar-refractivity contribution in [2.75, 3.05) is 18.1 Å². The summed E-state index contributed by atoms with van der Waals surface area (Å²) in [4.78, 5) is 14.3. The average molecular weight is 338 g/mol. The Hall–Kier alpha value is -1.76. The Kier molecular flexibility index (Phi) is 4.48. The van der Waals surface area contributed by atoms with Gasteiger partial charge in [0, 0.05) is 19.1 Å². The summed E-state index contributed by atoms with van der Waals surface area (Å²) in [5.41, 5.74) is 0.942. The van der Waals surface area contributed by atoms with Crippen molar-refractivity contribution in [1.82, 2.24) is 10.2 Å². The van der Waals surface area contributed by atoms with Crippen LogP contribution in [0.3, 0.4) is 0 Å². The number of phenolic OH excluding ortho intramolecular Hbond substituents is 1. The smallest absolute Gasteiger partial charge is 0.317 e. The maximum Gasteiger partial charge on any atom is 0.317 e. The van der Waals surface area contributed by atoms with Gasteiger partial charge in [0.05, 0.1) is 11.5 Å². The van der Waals surface area contributed by atoms with E-state index in [0.29, 0.717) is 25.4 Å². The summed E-state index contributed by atoms with van der Waals surface area (Å²) in [6.07, 6.45) is 2.76. The fourth-order valence-corrected chi connectivity index (χ4v) is 4.50. The molecule has 2 fully saturated rings. The molecular weight excluding hydrogens is 316 g/mol. The zero-order chi connectivity index (χ0) is 16.4. The van der Waals surface area contributed by atoms with Crippen molar-refractivity contribution in [2.45, 2.75) is 31.8 Å². The molecule has 1 saturated heterocycles. The molecule has 0 radical (unpaired) electrons. The first-order chi connectivity index (χ1) is 10.9. The Labute approximate surface area is 136 Å². The third-order valence-corrected chi connectivity index (χ3v) is 6.10. The lowest BCUT2D eigenvalue weighted by atomic mass is 10.2. The predicted molar refractivity (Wildman–Crippen MR) is 86.8 cm³/mol. The monoisotopic (exact) mass is 338 g/mol. The number of nitrogens with one attached hydrogen (secondary N) is 1. The van der Waals surface area contributed by atoms with Gasteiger partial charge in [-0.05, 0) is 42.9 Å². The second-order valence-electron chi connectivity index (χ2n) is 6.54.